The average molecular weight is 174 g/mol. The highest BCUT2D eigenvalue weighted by Gasteiger charge is 2.32. The van der Waals surface area contributed by atoms with Crippen molar-refractivity contribution in [2.24, 2.45) is 16.7 Å². The Bertz CT molecular complexity index is 99.8. The quantitative estimate of drug-likeness (QED) is 0.533. The molecule has 68 valence electrons. The Balaban J connectivity index is 4.43. The minimum Gasteiger partial charge on any atom is -0.137 e. The van der Waals surface area contributed by atoms with Crippen LogP contribution in [0.25, 0.3) is 0 Å². The molecule has 0 heterocycles. The van der Waals surface area contributed by atoms with Crippen LogP contribution in [-0.4, -0.2) is 6.16 Å². The van der Waals surface area contributed by atoms with Crippen LogP contribution in [0.15, 0.2) is 0 Å². The molecule has 0 amide bonds. The molecule has 0 aliphatic carbocycles. The standard InChI is InChI=1S/C10H23P/c1-9(2,3)8(7-11)10(4,5)6/h8H,7,11H2,1-6H3. The van der Waals surface area contributed by atoms with Crippen molar-refractivity contribution in [2.75, 3.05) is 6.16 Å². The lowest BCUT2D eigenvalue weighted by atomic mass is 9.68. The Hall–Kier alpha value is 0.430. The third kappa shape index (κ3) is 3.56. The van der Waals surface area contributed by atoms with Crippen LogP contribution in [0.5, 0.6) is 0 Å². The fourth-order valence-corrected chi connectivity index (χ4v) is 3.42. The van der Waals surface area contributed by atoms with E-state index in [1.165, 1.54) is 6.16 Å². The summed E-state index contributed by atoms with van der Waals surface area (Å²) in [5, 5.41) is 0. The molecular weight excluding hydrogens is 151 g/mol. The molecule has 1 heteroatoms. The van der Waals surface area contributed by atoms with Crippen LogP contribution in [0, 0.1) is 16.7 Å². The highest BCUT2D eigenvalue weighted by Crippen LogP contribution is 2.40. The molecule has 0 fully saturated rings. The molecule has 0 aromatic carbocycles. The molecule has 1 unspecified atom stereocenters. The lowest BCUT2D eigenvalue weighted by Gasteiger charge is -2.40. The lowest BCUT2D eigenvalue weighted by molar-refractivity contribution is 0.125. The minimum absolute atomic E-state index is 0.431. The van der Waals surface area contributed by atoms with Gasteiger partial charge in [-0.15, -0.1) is 9.24 Å². The van der Waals surface area contributed by atoms with Crippen molar-refractivity contribution in [1.82, 2.24) is 0 Å². The van der Waals surface area contributed by atoms with Crippen molar-refractivity contribution in [3.8, 4) is 0 Å². The number of rotatable bonds is 1. The smallest absolute Gasteiger partial charge is 0.0282 e. The van der Waals surface area contributed by atoms with Crippen LogP contribution in [0.3, 0.4) is 0 Å². The maximum Gasteiger partial charge on any atom is -0.0282 e. The summed E-state index contributed by atoms with van der Waals surface area (Å²) in [4.78, 5) is 0. The predicted molar refractivity (Wildman–Crippen MR) is 57.0 cm³/mol. The second-order valence-electron chi connectivity index (χ2n) is 5.52. The molecule has 0 N–H and O–H groups in total. The second kappa shape index (κ2) is 3.44. The monoisotopic (exact) mass is 174 g/mol. The van der Waals surface area contributed by atoms with Crippen LogP contribution in [0.4, 0.5) is 0 Å². The van der Waals surface area contributed by atoms with Crippen molar-refractivity contribution < 1.29 is 0 Å². The predicted octanol–water partition coefficient (Wildman–Crippen LogP) is 3.57. The highest BCUT2D eigenvalue weighted by atomic mass is 31.0. The molecule has 0 bridgehead atoms. The molecule has 0 saturated carbocycles. The first kappa shape index (κ1) is 11.4. The van der Waals surface area contributed by atoms with Crippen molar-refractivity contribution in [3.05, 3.63) is 0 Å². The zero-order valence-electron chi connectivity index (χ0n) is 8.86. The number of hydrogen-bond acceptors (Lipinski definition) is 0. The normalized spacial score (nSPS) is 14.2. The van der Waals surface area contributed by atoms with E-state index < -0.39 is 0 Å². The topological polar surface area (TPSA) is 0 Å². The Labute approximate surface area is 74.4 Å². The van der Waals surface area contributed by atoms with Gasteiger partial charge in [0.05, 0.1) is 0 Å². The molecule has 0 aromatic heterocycles. The summed E-state index contributed by atoms with van der Waals surface area (Å²) in [5.74, 6) is 0.778. The van der Waals surface area contributed by atoms with E-state index >= 15 is 0 Å². The van der Waals surface area contributed by atoms with Crippen LogP contribution < -0.4 is 0 Å². The van der Waals surface area contributed by atoms with E-state index in [0.29, 0.717) is 10.8 Å². The van der Waals surface area contributed by atoms with Crippen LogP contribution in [0.2, 0.25) is 0 Å². The summed E-state index contributed by atoms with van der Waals surface area (Å²) in [5.41, 5.74) is 0.861. The molecule has 1 atom stereocenters. The van der Waals surface area contributed by atoms with Crippen molar-refractivity contribution >= 4 is 9.24 Å². The van der Waals surface area contributed by atoms with E-state index in [-0.39, 0.29) is 0 Å². The zero-order valence-corrected chi connectivity index (χ0v) is 10.0. The molecular formula is C10H23P. The maximum absolute atomic E-state index is 2.87. The fourth-order valence-electron chi connectivity index (χ4n) is 2.01. The first-order chi connectivity index (χ1) is 4.69. The Morgan fingerprint density at radius 1 is 0.909 bits per heavy atom. The summed E-state index contributed by atoms with van der Waals surface area (Å²) < 4.78 is 0. The first-order valence-corrected chi connectivity index (χ1v) is 5.21. The first-order valence-electron chi connectivity index (χ1n) is 4.39. The van der Waals surface area contributed by atoms with Gasteiger partial charge in [-0.1, -0.05) is 41.5 Å². The molecule has 0 spiro atoms. The largest absolute Gasteiger partial charge is 0.137 e. The molecule has 0 radical (unpaired) electrons. The van der Waals surface area contributed by atoms with Gasteiger partial charge in [-0.05, 0) is 22.9 Å². The molecule has 0 aliphatic heterocycles. The lowest BCUT2D eigenvalue weighted by Crippen LogP contribution is -2.33. The van der Waals surface area contributed by atoms with Crippen LogP contribution >= 0.6 is 9.24 Å². The maximum atomic E-state index is 2.87. The third-order valence-electron chi connectivity index (χ3n) is 2.33. The zero-order chi connectivity index (χ0) is 9.28. The Morgan fingerprint density at radius 2 is 1.18 bits per heavy atom. The molecule has 0 aromatic rings. The SMILES string of the molecule is CC(C)(C)C(CP)C(C)(C)C. The van der Waals surface area contributed by atoms with Gasteiger partial charge in [-0.3, -0.25) is 0 Å². The van der Waals surface area contributed by atoms with Crippen molar-refractivity contribution in [3.63, 3.8) is 0 Å². The van der Waals surface area contributed by atoms with Crippen molar-refractivity contribution in [1.29, 1.82) is 0 Å². The van der Waals surface area contributed by atoms with Crippen LogP contribution in [0.1, 0.15) is 41.5 Å². The van der Waals surface area contributed by atoms with E-state index in [1.807, 2.05) is 0 Å². The third-order valence-corrected chi connectivity index (χ3v) is 2.80. The van der Waals surface area contributed by atoms with E-state index in [0.717, 1.165) is 5.92 Å². The van der Waals surface area contributed by atoms with Gasteiger partial charge < -0.3 is 0 Å². The summed E-state index contributed by atoms with van der Waals surface area (Å²) in [6, 6.07) is 0. The summed E-state index contributed by atoms with van der Waals surface area (Å²) in [7, 11) is 2.87. The van der Waals surface area contributed by atoms with Gasteiger partial charge in [-0.25, -0.2) is 0 Å². The van der Waals surface area contributed by atoms with Gasteiger partial charge in [0.25, 0.3) is 0 Å². The highest BCUT2D eigenvalue weighted by molar-refractivity contribution is 7.16. The molecule has 0 aliphatic rings. The average Bonchev–Trinajstić information content (AvgIpc) is 1.56. The molecule has 0 nitrogen and oxygen atoms in total. The van der Waals surface area contributed by atoms with E-state index in [2.05, 4.69) is 50.8 Å². The van der Waals surface area contributed by atoms with Gasteiger partial charge in [0, 0.05) is 0 Å². The Kier molecular flexibility index (Phi) is 3.57. The van der Waals surface area contributed by atoms with Crippen molar-refractivity contribution in [2.45, 2.75) is 41.5 Å². The minimum atomic E-state index is 0.431. The molecule has 0 rings (SSSR count). The van der Waals surface area contributed by atoms with Gasteiger partial charge in [0.1, 0.15) is 0 Å². The fraction of sp³-hybridized carbons (Fsp3) is 1.00. The van der Waals surface area contributed by atoms with Gasteiger partial charge in [0.15, 0.2) is 0 Å². The molecule has 0 saturated heterocycles. The summed E-state index contributed by atoms with van der Waals surface area (Å²) in [6.45, 7) is 14.0. The van der Waals surface area contributed by atoms with E-state index in [9.17, 15) is 0 Å². The number of hydrogen-bond donors (Lipinski definition) is 0. The van der Waals surface area contributed by atoms with Gasteiger partial charge in [-0.2, -0.15) is 0 Å². The Morgan fingerprint density at radius 3 is 1.18 bits per heavy atom. The van der Waals surface area contributed by atoms with E-state index in [1.54, 1.807) is 0 Å². The van der Waals surface area contributed by atoms with E-state index in [4.69, 9.17) is 0 Å². The summed E-state index contributed by atoms with van der Waals surface area (Å²) in [6.07, 6.45) is 1.20. The summed E-state index contributed by atoms with van der Waals surface area (Å²) >= 11 is 0. The second-order valence-corrected chi connectivity index (χ2v) is 5.99. The molecule has 11 heavy (non-hydrogen) atoms. The van der Waals surface area contributed by atoms with Crippen LogP contribution in [-0.2, 0) is 0 Å². The van der Waals surface area contributed by atoms with Gasteiger partial charge >= 0.3 is 0 Å². The van der Waals surface area contributed by atoms with Gasteiger partial charge in [0.2, 0.25) is 0 Å².